The van der Waals surface area contributed by atoms with Crippen molar-refractivity contribution in [2.75, 3.05) is 16.8 Å². The molecule has 1 aliphatic carbocycles. The van der Waals surface area contributed by atoms with Crippen molar-refractivity contribution in [1.82, 2.24) is 4.98 Å². The van der Waals surface area contributed by atoms with Crippen LogP contribution in [-0.4, -0.2) is 56.9 Å². The number of carboxylic acid groups (broad SMARTS) is 1. The van der Waals surface area contributed by atoms with Crippen molar-refractivity contribution >= 4 is 137 Å². The quantitative estimate of drug-likeness (QED) is 0.0478. The molecule has 6 N–H and O–H groups in total. The van der Waals surface area contributed by atoms with E-state index in [9.17, 15) is 33.6 Å². The van der Waals surface area contributed by atoms with Crippen LogP contribution in [0.3, 0.4) is 0 Å². The number of amides is 1. The Bertz CT molecular complexity index is 5700. The number of ketones is 2. The average Bonchev–Trinajstić information content (AvgIpc) is 0.766. The monoisotopic (exact) mass is 1540 g/mol. The van der Waals surface area contributed by atoms with Crippen LogP contribution in [0.15, 0.2) is 316 Å². The van der Waals surface area contributed by atoms with E-state index < -0.39 is 17.9 Å². The number of nitrogens with zero attached hydrogens (tertiary/aromatic N) is 3. The molecule has 13 aromatic carbocycles. The van der Waals surface area contributed by atoms with Gasteiger partial charge in [-0.25, -0.2) is 24.6 Å². The number of aromatic carboxylic acids is 1. The van der Waals surface area contributed by atoms with Crippen LogP contribution in [0.1, 0.15) is 161 Å². The molecule has 0 saturated carbocycles. The Morgan fingerprint density at radius 2 is 0.789 bits per heavy atom. The third-order valence-electron chi connectivity index (χ3n) is 16.9. The van der Waals surface area contributed by atoms with Crippen molar-refractivity contribution in [2.24, 2.45) is 9.98 Å². The van der Waals surface area contributed by atoms with E-state index in [1.54, 1.807) is 61.5 Å². The molecule has 1 aromatic heterocycles. The van der Waals surface area contributed by atoms with Crippen molar-refractivity contribution in [3.63, 3.8) is 0 Å². The lowest BCUT2D eigenvalue weighted by molar-refractivity contribution is -0.156. The molecule has 0 unspecified atom stereocenters. The molecular formula is C97H101ClN6O10. The van der Waals surface area contributed by atoms with E-state index in [1.807, 2.05) is 121 Å². The second-order valence-corrected chi connectivity index (χ2v) is 24.5. The lowest BCUT2D eigenvalue weighted by Gasteiger charge is -2.18. The van der Waals surface area contributed by atoms with Gasteiger partial charge in [0, 0.05) is 83.6 Å². The highest BCUT2D eigenvalue weighted by molar-refractivity contribution is 6.24. The number of esters is 2. The molecular weight excluding hydrogens is 1440 g/mol. The number of hydrogen-bond donors (Lipinski definition) is 4. The molecule has 0 fully saturated rings. The van der Waals surface area contributed by atoms with Crippen LogP contribution in [0.2, 0.25) is 0 Å². The molecule has 0 bridgehead atoms. The number of aryl methyl sites for hydroxylation is 1. The summed E-state index contributed by atoms with van der Waals surface area (Å²) in [5.41, 5.74) is 24.2. The highest BCUT2D eigenvalue weighted by Gasteiger charge is 2.22. The number of aromatic nitrogens is 1. The van der Waals surface area contributed by atoms with Crippen LogP contribution in [0.5, 0.6) is 0 Å². The van der Waals surface area contributed by atoms with Gasteiger partial charge in [0.2, 0.25) is 5.91 Å². The number of carbonyl (C=O) groups is 6. The highest BCUT2D eigenvalue weighted by Crippen LogP contribution is 2.35. The number of anilines is 3. The number of benzene rings is 13. The van der Waals surface area contributed by atoms with E-state index in [2.05, 4.69) is 136 Å². The van der Waals surface area contributed by atoms with Gasteiger partial charge >= 0.3 is 23.5 Å². The molecule has 16 nitrogen and oxygen atoms in total. The van der Waals surface area contributed by atoms with Crippen molar-refractivity contribution in [3.8, 4) is 0 Å². The largest absolute Gasteiger partial charge is 0.478 e. The van der Waals surface area contributed by atoms with Gasteiger partial charge in [0.25, 0.3) is 0 Å². The number of nitrogen functional groups attached to an aromatic ring is 2. The smallest absolute Gasteiger partial charge is 0.342 e. The summed E-state index contributed by atoms with van der Waals surface area (Å²) in [6.45, 7) is 5.48. The van der Waals surface area contributed by atoms with Crippen LogP contribution >= 0.6 is 12.4 Å². The van der Waals surface area contributed by atoms with Crippen LogP contribution in [0.25, 0.3) is 49.2 Å². The van der Waals surface area contributed by atoms with E-state index in [1.165, 1.54) is 48.4 Å². The Labute approximate surface area is 675 Å². The molecule has 2 heterocycles. The zero-order valence-corrected chi connectivity index (χ0v) is 59.6. The maximum Gasteiger partial charge on any atom is 0.342 e. The van der Waals surface area contributed by atoms with Crippen LogP contribution < -0.4 is 22.4 Å². The lowest BCUT2D eigenvalue weighted by atomic mass is 9.94. The minimum absolute atomic E-state index is 0. The number of carboxylic acids is 1. The first kappa shape index (κ1) is 94.4. The topological polar surface area (TPSA) is 264 Å². The van der Waals surface area contributed by atoms with Gasteiger partial charge in [-0.15, -0.1) is 12.4 Å². The number of para-hydroxylation sites is 5. The van der Waals surface area contributed by atoms with Gasteiger partial charge < -0.3 is 31.0 Å². The first-order chi connectivity index (χ1) is 51.3. The fraction of sp³-hybridized carbons (Fsp3) is 0.134. The number of aliphatic imine (C=N–C) groups is 2. The van der Waals surface area contributed by atoms with Crippen molar-refractivity contribution < 1.29 is 43.0 Å². The van der Waals surface area contributed by atoms with Crippen molar-refractivity contribution in [1.29, 1.82) is 0 Å². The second kappa shape index (κ2) is 44.7. The number of halogens is 1. The van der Waals surface area contributed by atoms with Gasteiger partial charge in [-0.1, -0.05) is 276 Å². The predicted octanol–water partition coefficient (Wildman–Crippen LogP) is 23.6. The predicted molar refractivity (Wildman–Crippen MR) is 477 cm³/mol. The fourth-order valence-corrected chi connectivity index (χ4v) is 11.9. The van der Waals surface area contributed by atoms with Crippen LogP contribution in [0.4, 0.5) is 28.4 Å². The number of rotatable bonds is 8. The molecule has 0 spiro atoms. The third kappa shape index (κ3) is 24.1. The van der Waals surface area contributed by atoms with E-state index in [-0.39, 0.29) is 93.1 Å². The Balaban J connectivity index is 0.000000377. The summed E-state index contributed by atoms with van der Waals surface area (Å²) in [5, 5.41) is 20.3. The van der Waals surface area contributed by atoms with Crippen molar-refractivity contribution in [2.45, 2.75) is 92.5 Å². The van der Waals surface area contributed by atoms with Gasteiger partial charge in [0.1, 0.15) is 0 Å². The maximum absolute atomic E-state index is 12.7. The Kier molecular flexibility index (Phi) is 37.0. The number of fused-ring (bicyclic) bond motifs is 7. The van der Waals surface area contributed by atoms with E-state index in [4.69, 9.17) is 31.0 Å². The second-order valence-electron chi connectivity index (χ2n) is 24.5. The summed E-state index contributed by atoms with van der Waals surface area (Å²) in [6, 6.07) is 94.4. The van der Waals surface area contributed by atoms with Gasteiger partial charge in [0.15, 0.2) is 17.5 Å². The molecule has 586 valence electrons. The highest BCUT2D eigenvalue weighted by atomic mass is 35.5. The van der Waals surface area contributed by atoms with Crippen LogP contribution in [-0.2, 0) is 25.5 Å². The normalized spacial score (nSPS) is 10.6. The van der Waals surface area contributed by atoms with E-state index in [0.717, 1.165) is 85.1 Å². The molecule has 114 heavy (non-hydrogen) atoms. The number of nitrogens with one attached hydrogen (secondary N) is 1. The molecule has 2 aliphatic rings. The minimum atomic E-state index is -0.988. The number of ether oxygens (including phenoxy) is 1. The number of carbonyl (C=O) groups excluding carboxylic acids is 5. The lowest BCUT2D eigenvalue weighted by Crippen LogP contribution is -2.14. The number of allylic oxidation sites excluding steroid dienone is 1. The molecule has 1 amide bonds. The summed E-state index contributed by atoms with van der Waals surface area (Å²) in [5.74, 6) is -2.01. The van der Waals surface area contributed by atoms with E-state index in [0.29, 0.717) is 50.8 Å². The van der Waals surface area contributed by atoms with E-state index >= 15 is 0 Å². The summed E-state index contributed by atoms with van der Waals surface area (Å²) in [6.07, 6.45) is 5.56. The zero-order chi connectivity index (χ0) is 74.6. The van der Waals surface area contributed by atoms with Crippen LogP contribution in [0, 0.1) is 6.92 Å². The molecule has 1 aliphatic heterocycles. The van der Waals surface area contributed by atoms with Gasteiger partial charge in [-0.05, 0) is 135 Å². The molecule has 0 atom stereocenters. The average molecular weight is 1550 g/mol. The standard InChI is InChI=1S/C34H22N2.C19H15NO2.C17H13NO.C9H9NO2.C7H7NO2.C4H6O3.7CH4.ClH/c1-3-11-25-21-27(19-17-23(25)9-1)33-29-13-5-7-15-31(29)36-34(30-14-6-8-16-32(30)35-33)28-20-18-24-10-2-4-12-26(24)22-28;1-13(21)20-18-9-5-4-8-17(18)19(22)16-11-10-14-6-2-3-7-15(14)12-16;18-16-8-4-3-7-15(16)17(19)14-10-9-12-5-1-2-6-13(12)11-14;1-6-10-8-5-3-2-4-7(8)9(11)12-6;8-6-4-2-1-3-5(6)7(9)10;1-3(5)7-4(2)6;;;;;;;;/h1-22H;2-12H,1H3,(H,20,21);1-11H,18H2;3,5H,2,4H2,1H3;1-4H,8H2,(H,9,10);1-2H3;7*1H4;1H. The van der Waals surface area contributed by atoms with Gasteiger partial charge in [-0.2, -0.15) is 0 Å². The Hall–Kier alpha value is -13.8. The SMILES string of the molecule is C.C.C.C.C.C.C.CC(=O)Nc1ccccc1C(=O)c1ccc2ccccc2c1.CC(=O)OC(C)=O.Cc1nc2c(c(=O)o1)CCC=C2.Cl.Nc1ccccc1C(=O)O.Nc1ccccc1C(=O)c1ccc2ccccc2c1.c1ccc2c(c1)N=C(c1ccc3ccccc3c1)c1ccccc1N=C2c1ccc2ccccc2c1. The molecule has 0 saturated heterocycles. The van der Waals surface area contributed by atoms with Gasteiger partial charge in [-0.3, -0.25) is 24.0 Å². The number of hydrogen-bond acceptors (Lipinski definition) is 14. The zero-order valence-electron chi connectivity index (χ0n) is 58.8. The molecule has 16 rings (SSSR count). The minimum Gasteiger partial charge on any atom is -0.478 e. The Morgan fingerprint density at radius 1 is 0.430 bits per heavy atom. The van der Waals surface area contributed by atoms with Crippen molar-refractivity contribution in [3.05, 3.63) is 375 Å². The molecule has 17 heteroatoms. The first-order valence-corrected chi connectivity index (χ1v) is 33.9. The Morgan fingerprint density at radius 3 is 1.19 bits per heavy atom. The van der Waals surface area contributed by atoms with Gasteiger partial charge in [0.05, 0.1) is 45.3 Å². The summed E-state index contributed by atoms with van der Waals surface area (Å²) >= 11 is 0. The third-order valence-corrected chi connectivity index (χ3v) is 16.9. The molecule has 0 radical (unpaired) electrons. The summed E-state index contributed by atoms with van der Waals surface area (Å²) < 4.78 is 8.85. The number of nitrogens with two attached hydrogens (primary N) is 2. The molecule has 14 aromatic rings. The summed E-state index contributed by atoms with van der Waals surface area (Å²) in [4.78, 5) is 92.4. The maximum atomic E-state index is 12.7. The first-order valence-electron chi connectivity index (χ1n) is 33.9. The fourth-order valence-electron chi connectivity index (χ4n) is 11.9. The summed E-state index contributed by atoms with van der Waals surface area (Å²) in [7, 11) is 0.